The number of rotatable bonds is 5. The van der Waals surface area contributed by atoms with Crippen LogP contribution in [0.15, 0.2) is 48.5 Å². The summed E-state index contributed by atoms with van der Waals surface area (Å²) >= 11 is 0. The van der Waals surface area contributed by atoms with E-state index in [0.29, 0.717) is 6.54 Å². The lowest BCUT2D eigenvalue weighted by molar-refractivity contribution is -0.892. The molecule has 1 aliphatic rings. The molecule has 0 spiro atoms. The van der Waals surface area contributed by atoms with E-state index in [1.54, 1.807) is 12.1 Å². The zero-order chi connectivity index (χ0) is 21.0. The Hall–Kier alpha value is -2.93. The van der Waals surface area contributed by atoms with Crippen molar-refractivity contribution in [2.75, 3.05) is 42.9 Å². The topological polar surface area (TPSA) is 79.9 Å². The van der Waals surface area contributed by atoms with Gasteiger partial charge in [-0.3, -0.25) is 14.9 Å². The van der Waals surface area contributed by atoms with Crippen LogP contribution in [-0.2, 0) is 10.2 Å². The largest absolute Gasteiger partial charge is 0.360 e. The molecule has 3 rings (SSSR count). The predicted octanol–water partition coefficient (Wildman–Crippen LogP) is 2.24. The van der Waals surface area contributed by atoms with Gasteiger partial charge in [-0.1, -0.05) is 32.9 Å². The number of anilines is 2. The van der Waals surface area contributed by atoms with E-state index < -0.39 is 0 Å². The van der Waals surface area contributed by atoms with Crippen molar-refractivity contribution in [2.24, 2.45) is 0 Å². The molecular weight excluding hydrogens is 368 g/mol. The van der Waals surface area contributed by atoms with Crippen LogP contribution in [0.1, 0.15) is 26.3 Å². The normalized spacial score (nSPS) is 15.2. The summed E-state index contributed by atoms with van der Waals surface area (Å²) in [6.45, 7) is 10.3. The average Bonchev–Trinajstić information content (AvgIpc) is 2.68. The molecule has 154 valence electrons. The number of hydrogen-bond acceptors (Lipinski definition) is 4. The average molecular weight is 397 g/mol. The van der Waals surface area contributed by atoms with Gasteiger partial charge >= 0.3 is 0 Å². The zero-order valence-electron chi connectivity index (χ0n) is 17.3. The van der Waals surface area contributed by atoms with E-state index in [9.17, 15) is 14.9 Å². The van der Waals surface area contributed by atoms with Crippen LogP contribution in [0.4, 0.5) is 17.1 Å². The highest BCUT2D eigenvalue weighted by Crippen LogP contribution is 2.23. The van der Waals surface area contributed by atoms with Crippen molar-refractivity contribution in [3.05, 3.63) is 64.2 Å². The predicted molar refractivity (Wildman–Crippen MR) is 115 cm³/mol. The molecule has 2 N–H and O–H groups in total. The number of nitrogens with one attached hydrogen (secondary N) is 2. The van der Waals surface area contributed by atoms with E-state index in [1.165, 1.54) is 22.6 Å². The van der Waals surface area contributed by atoms with Gasteiger partial charge in [0.25, 0.3) is 11.6 Å². The van der Waals surface area contributed by atoms with Crippen LogP contribution in [0.2, 0.25) is 0 Å². The molecule has 0 bridgehead atoms. The molecule has 0 radical (unpaired) electrons. The quantitative estimate of drug-likeness (QED) is 0.599. The Labute approximate surface area is 171 Å². The van der Waals surface area contributed by atoms with Crippen LogP contribution < -0.4 is 15.1 Å². The Balaban J connectivity index is 1.47. The maximum absolute atomic E-state index is 12.4. The first-order valence-electron chi connectivity index (χ1n) is 9.96. The minimum absolute atomic E-state index is 0.0206. The van der Waals surface area contributed by atoms with E-state index in [0.717, 1.165) is 37.6 Å². The van der Waals surface area contributed by atoms with Crippen molar-refractivity contribution < 1.29 is 14.6 Å². The van der Waals surface area contributed by atoms with Crippen LogP contribution in [-0.4, -0.2) is 43.6 Å². The third-order valence-corrected chi connectivity index (χ3v) is 5.34. The zero-order valence-corrected chi connectivity index (χ0v) is 17.3. The molecule has 7 nitrogen and oxygen atoms in total. The standard InChI is InChI=1S/C22H28N4O3/c1-22(2,3)17-4-6-18(7-5-17)23-21(27)16-24-12-14-25(15-13-24)19-8-10-20(11-9-19)26(28)29/h4-11H,12-16H2,1-3H3,(H,23,27)/p+1. The van der Waals surface area contributed by atoms with Gasteiger partial charge in [0.05, 0.1) is 31.1 Å². The van der Waals surface area contributed by atoms with E-state index in [2.05, 4.69) is 43.1 Å². The Morgan fingerprint density at radius 1 is 1.07 bits per heavy atom. The number of carbonyl (C=O) groups is 1. The lowest BCUT2D eigenvalue weighted by atomic mass is 9.87. The molecule has 0 saturated carbocycles. The Morgan fingerprint density at radius 3 is 2.17 bits per heavy atom. The van der Waals surface area contributed by atoms with Gasteiger partial charge in [-0.25, -0.2) is 0 Å². The van der Waals surface area contributed by atoms with E-state index in [-0.39, 0.29) is 21.9 Å². The van der Waals surface area contributed by atoms with Gasteiger partial charge in [-0.2, -0.15) is 0 Å². The molecule has 7 heteroatoms. The highest BCUT2D eigenvalue weighted by atomic mass is 16.6. The lowest BCUT2D eigenvalue weighted by Gasteiger charge is -2.33. The first kappa shape index (κ1) is 20.8. The fourth-order valence-electron chi connectivity index (χ4n) is 3.53. The molecule has 1 fully saturated rings. The smallest absolute Gasteiger partial charge is 0.279 e. The van der Waals surface area contributed by atoms with Gasteiger partial charge in [0.2, 0.25) is 0 Å². The molecule has 1 aliphatic heterocycles. The highest BCUT2D eigenvalue weighted by Gasteiger charge is 2.23. The highest BCUT2D eigenvalue weighted by molar-refractivity contribution is 5.91. The number of nitro groups is 1. The number of quaternary nitrogens is 1. The third kappa shape index (κ3) is 5.54. The van der Waals surface area contributed by atoms with Gasteiger partial charge in [-0.15, -0.1) is 0 Å². The van der Waals surface area contributed by atoms with Crippen LogP contribution in [0.25, 0.3) is 0 Å². The SMILES string of the molecule is CC(C)(C)c1ccc(NC(=O)C[NH+]2CCN(c3ccc([N+](=O)[O-])cc3)CC2)cc1. The molecular formula is C22H29N4O3+. The number of piperazine rings is 1. The van der Waals surface area contributed by atoms with Gasteiger partial charge in [0.15, 0.2) is 6.54 Å². The van der Waals surface area contributed by atoms with Crippen molar-refractivity contribution >= 4 is 23.0 Å². The summed E-state index contributed by atoms with van der Waals surface area (Å²) in [6.07, 6.45) is 0. The van der Waals surface area contributed by atoms with Crippen molar-refractivity contribution in [3.63, 3.8) is 0 Å². The monoisotopic (exact) mass is 397 g/mol. The Kier molecular flexibility index (Phi) is 6.17. The molecule has 2 aromatic rings. The Morgan fingerprint density at radius 2 is 1.66 bits per heavy atom. The molecule has 2 aromatic carbocycles. The minimum atomic E-state index is -0.388. The van der Waals surface area contributed by atoms with Crippen molar-refractivity contribution in [1.82, 2.24) is 0 Å². The fraction of sp³-hybridized carbons (Fsp3) is 0.409. The van der Waals surface area contributed by atoms with Crippen LogP contribution in [0.5, 0.6) is 0 Å². The molecule has 29 heavy (non-hydrogen) atoms. The summed E-state index contributed by atoms with van der Waals surface area (Å²) in [7, 11) is 0. The molecule has 0 unspecified atom stereocenters. The third-order valence-electron chi connectivity index (χ3n) is 5.34. The lowest BCUT2D eigenvalue weighted by Crippen LogP contribution is -3.15. The van der Waals surface area contributed by atoms with Crippen molar-refractivity contribution in [1.29, 1.82) is 0 Å². The molecule has 0 aliphatic carbocycles. The number of benzene rings is 2. The second-order valence-corrected chi connectivity index (χ2v) is 8.56. The summed E-state index contributed by atoms with van der Waals surface area (Å²) in [5.74, 6) is 0.0206. The van der Waals surface area contributed by atoms with Crippen LogP contribution >= 0.6 is 0 Å². The van der Waals surface area contributed by atoms with E-state index in [4.69, 9.17) is 0 Å². The minimum Gasteiger partial charge on any atom is -0.360 e. The molecule has 1 saturated heterocycles. The molecule has 0 atom stereocenters. The van der Waals surface area contributed by atoms with Crippen LogP contribution in [0, 0.1) is 10.1 Å². The number of nitro benzene ring substituents is 1. The number of nitrogens with zero attached hydrogens (tertiary/aromatic N) is 2. The van der Waals surface area contributed by atoms with E-state index >= 15 is 0 Å². The summed E-state index contributed by atoms with van der Waals surface area (Å²) in [5, 5.41) is 13.8. The summed E-state index contributed by atoms with van der Waals surface area (Å²) in [6, 6.07) is 14.7. The number of hydrogen-bond donors (Lipinski definition) is 2. The summed E-state index contributed by atoms with van der Waals surface area (Å²) in [5.41, 5.74) is 3.24. The molecule has 0 aromatic heterocycles. The number of carbonyl (C=O) groups excluding carboxylic acids is 1. The Bertz CT molecular complexity index is 849. The first-order chi connectivity index (χ1) is 13.7. The number of amides is 1. The second-order valence-electron chi connectivity index (χ2n) is 8.56. The van der Waals surface area contributed by atoms with Crippen molar-refractivity contribution in [3.8, 4) is 0 Å². The molecule has 1 amide bonds. The number of non-ortho nitro benzene ring substituents is 1. The van der Waals surface area contributed by atoms with Gasteiger partial charge < -0.3 is 15.1 Å². The maximum atomic E-state index is 12.4. The fourth-order valence-corrected chi connectivity index (χ4v) is 3.53. The molecule has 1 heterocycles. The van der Waals surface area contributed by atoms with Gasteiger partial charge in [-0.05, 0) is 35.2 Å². The first-order valence-corrected chi connectivity index (χ1v) is 9.96. The summed E-state index contributed by atoms with van der Waals surface area (Å²) < 4.78 is 0. The van der Waals surface area contributed by atoms with E-state index in [1.807, 2.05) is 12.1 Å². The second kappa shape index (κ2) is 8.61. The van der Waals surface area contributed by atoms with Gasteiger partial charge in [0, 0.05) is 23.5 Å². The maximum Gasteiger partial charge on any atom is 0.279 e. The summed E-state index contributed by atoms with van der Waals surface area (Å²) in [4.78, 5) is 26.2. The van der Waals surface area contributed by atoms with Gasteiger partial charge in [0.1, 0.15) is 0 Å². The van der Waals surface area contributed by atoms with Crippen LogP contribution in [0.3, 0.4) is 0 Å². The van der Waals surface area contributed by atoms with Crippen molar-refractivity contribution in [2.45, 2.75) is 26.2 Å².